The van der Waals surface area contributed by atoms with Gasteiger partial charge in [-0.2, -0.15) is 0 Å². The van der Waals surface area contributed by atoms with Gasteiger partial charge >= 0.3 is 0 Å². The van der Waals surface area contributed by atoms with Crippen LogP contribution in [0.4, 0.5) is 5.69 Å². The third kappa shape index (κ3) is 4.24. The van der Waals surface area contributed by atoms with Gasteiger partial charge in [0, 0.05) is 24.4 Å². The van der Waals surface area contributed by atoms with E-state index in [2.05, 4.69) is 5.32 Å². The zero-order chi connectivity index (χ0) is 12.0. The quantitative estimate of drug-likeness (QED) is 0.652. The van der Waals surface area contributed by atoms with Gasteiger partial charge in [0.2, 0.25) is 0 Å². The van der Waals surface area contributed by atoms with Crippen LogP contribution in [0.5, 0.6) is 0 Å². The van der Waals surface area contributed by atoms with E-state index < -0.39 is 9.84 Å². The molecule has 3 nitrogen and oxygen atoms in total. The number of halogens is 1. The lowest BCUT2D eigenvalue weighted by Gasteiger charge is -2.04. The molecule has 0 aliphatic rings. The Morgan fingerprint density at radius 1 is 1.25 bits per heavy atom. The minimum absolute atomic E-state index is 0.328. The Bertz CT molecular complexity index is 451. The Morgan fingerprint density at radius 3 is 2.38 bits per heavy atom. The lowest BCUT2D eigenvalue weighted by atomic mass is 10.3. The van der Waals surface area contributed by atoms with Crippen molar-refractivity contribution in [3.63, 3.8) is 0 Å². The highest BCUT2D eigenvalue weighted by Crippen LogP contribution is 2.13. The zero-order valence-electron chi connectivity index (χ0n) is 8.98. The molecule has 0 saturated carbocycles. The molecule has 1 aromatic rings. The van der Waals surface area contributed by atoms with E-state index in [4.69, 9.17) is 11.6 Å². The second kappa shape index (κ2) is 5.92. The molecule has 0 saturated heterocycles. The van der Waals surface area contributed by atoms with E-state index in [-0.39, 0.29) is 0 Å². The standard InChI is InChI=1S/C11H14ClNO2S/c1-16(14,15)11-6-4-10(5-7-11)13-9-3-2-8-12/h2-7,13H,8-9H2,1H3/b3-2+. The highest BCUT2D eigenvalue weighted by atomic mass is 35.5. The van der Waals surface area contributed by atoms with Crippen LogP contribution in [-0.4, -0.2) is 27.1 Å². The van der Waals surface area contributed by atoms with E-state index in [0.717, 1.165) is 5.69 Å². The van der Waals surface area contributed by atoms with Crippen LogP contribution in [-0.2, 0) is 9.84 Å². The molecule has 0 aliphatic carbocycles. The van der Waals surface area contributed by atoms with Crippen LogP contribution in [0, 0.1) is 0 Å². The van der Waals surface area contributed by atoms with Crippen molar-refractivity contribution >= 4 is 27.1 Å². The summed E-state index contributed by atoms with van der Waals surface area (Å²) >= 11 is 5.47. The van der Waals surface area contributed by atoms with Gasteiger partial charge in [0.15, 0.2) is 9.84 Å². The molecular weight excluding hydrogens is 246 g/mol. The Balaban J connectivity index is 2.62. The highest BCUT2D eigenvalue weighted by molar-refractivity contribution is 7.90. The summed E-state index contributed by atoms with van der Waals surface area (Å²) in [6, 6.07) is 6.65. The van der Waals surface area contributed by atoms with Crippen LogP contribution >= 0.6 is 11.6 Å². The first-order chi connectivity index (χ1) is 7.54. The number of allylic oxidation sites excluding steroid dienone is 1. The highest BCUT2D eigenvalue weighted by Gasteiger charge is 2.05. The average Bonchev–Trinajstić information content (AvgIpc) is 2.24. The Hall–Kier alpha value is -1.00. The minimum atomic E-state index is -3.11. The monoisotopic (exact) mass is 259 g/mol. The fraction of sp³-hybridized carbons (Fsp3) is 0.273. The van der Waals surface area contributed by atoms with E-state index >= 15 is 0 Å². The summed E-state index contributed by atoms with van der Waals surface area (Å²) < 4.78 is 22.4. The number of hydrogen-bond donors (Lipinski definition) is 1. The number of nitrogens with one attached hydrogen (secondary N) is 1. The van der Waals surface area contributed by atoms with Crippen LogP contribution < -0.4 is 5.32 Å². The summed E-state index contributed by atoms with van der Waals surface area (Å²) in [6.07, 6.45) is 4.95. The molecule has 0 aromatic heterocycles. The molecule has 1 aromatic carbocycles. The Morgan fingerprint density at radius 2 is 1.88 bits per heavy atom. The largest absolute Gasteiger partial charge is 0.382 e. The van der Waals surface area contributed by atoms with Gasteiger partial charge in [-0.1, -0.05) is 12.2 Å². The minimum Gasteiger partial charge on any atom is -0.382 e. The van der Waals surface area contributed by atoms with Crippen molar-refractivity contribution in [2.24, 2.45) is 0 Å². The van der Waals surface area contributed by atoms with Gasteiger partial charge in [-0.05, 0) is 24.3 Å². The van der Waals surface area contributed by atoms with Crippen molar-refractivity contribution in [3.05, 3.63) is 36.4 Å². The lowest BCUT2D eigenvalue weighted by molar-refractivity contribution is 0.602. The predicted octanol–water partition coefficient (Wildman–Crippen LogP) is 2.30. The molecule has 5 heteroatoms. The second-order valence-corrected chi connectivity index (χ2v) is 5.63. The third-order valence-corrected chi connectivity index (χ3v) is 3.27. The van der Waals surface area contributed by atoms with Crippen molar-refractivity contribution in [1.82, 2.24) is 0 Å². The molecular formula is C11H14ClNO2S. The maximum absolute atomic E-state index is 11.2. The van der Waals surface area contributed by atoms with Gasteiger partial charge in [0.05, 0.1) is 4.90 Å². The van der Waals surface area contributed by atoms with Crippen LogP contribution in [0.15, 0.2) is 41.3 Å². The first kappa shape index (κ1) is 13.1. The molecule has 16 heavy (non-hydrogen) atoms. The first-order valence-corrected chi connectivity index (χ1v) is 7.21. The molecule has 0 unspecified atom stereocenters. The molecule has 0 heterocycles. The smallest absolute Gasteiger partial charge is 0.175 e. The number of anilines is 1. The van der Waals surface area contributed by atoms with Crippen molar-refractivity contribution in [2.75, 3.05) is 24.0 Å². The van der Waals surface area contributed by atoms with E-state index in [1.165, 1.54) is 6.26 Å². The fourth-order valence-electron chi connectivity index (χ4n) is 1.14. The van der Waals surface area contributed by atoms with Crippen LogP contribution in [0.2, 0.25) is 0 Å². The summed E-state index contributed by atoms with van der Waals surface area (Å²) in [5.74, 6) is 0.495. The maximum Gasteiger partial charge on any atom is 0.175 e. The molecule has 0 aliphatic heterocycles. The average molecular weight is 260 g/mol. The molecule has 0 spiro atoms. The first-order valence-electron chi connectivity index (χ1n) is 4.79. The predicted molar refractivity (Wildman–Crippen MR) is 67.9 cm³/mol. The van der Waals surface area contributed by atoms with Crippen molar-refractivity contribution in [3.8, 4) is 0 Å². The van der Waals surface area contributed by atoms with Gasteiger partial charge in [-0.3, -0.25) is 0 Å². The number of benzene rings is 1. The molecule has 0 fully saturated rings. The molecule has 1 rings (SSSR count). The fourth-order valence-corrected chi connectivity index (χ4v) is 1.90. The summed E-state index contributed by atoms with van der Waals surface area (Å²) in [4.78, 5) is 0.328. The molecule has 0 radical (unpaired) electrons. The Kier molecular flexibility index (Phi) is 4.83. The van der Waals surface area contributed by atoms with Crippen molar-refractivity contribution in [2.45, 2.75) is 4.90 Å². The number of alkyl halides is 1. The van der Waals surface area contributed by atoms with Gasteiger partial charge in [0.1, 0.15) is 0 Å². The topological polar surface area (TPSA) is 46.2 Å². The van der Waals surface area contributed by atoms with Gasteiger partial charge in [0.25, 0.3) is 0 Å². The number of rotatable bonds is 5. The van der Waals surface area contributed by atoms with Crippen molar-refractivity contribution in [1.29, 1.82) is 0 Å². The molecule has 0 bridgehead atoms. The normalized spacial score (nSPS) is 11.9. The van der Waals surface area contributed by atoms with Gasteiger partial charge in [-0.15, -0.1) is 11.6 Å². The molecule has 88 valence electrons. The van der Waals surface area contributed by atoms with Gasteiger partial charge < -0.3 is 5.32 Å². The van der Waals surface area contributed by atoms with E-state index in [0.29, 0.717) is 17.3 Å². The summed E-state index contributed by atoms with van der Waals surface area (Å²) in [6.45, 7) is 0.672. The SMILES string of the molecule is CS(=O)(=O)c1ccc(NC/C=C/CCl)cc1. The van der Waals surface area contributed by atoms with Gasteiger partial charge in [-0.25, -0.2) is 8.42 Å². The maximum atomic E-state index is 11.2. The van der Waals surface area contributed by atoms with Crippen LogP contribution in [0.25, 0.3) is 0 Å². The number of hydrogen-bond acceptors (Lipinski definition) is 3. The zero-order valence-corrected chi connectivity index (χ0v) is 10.6. The van der Waals surface area contributed by atoms with Crippen LogP contribution in [0.3, 0.4) is 0 Å². The summed E-state index contributed by atoms with van der Waals surface area (Å²) in [7, 11) is -3.11. The van der Waals surface area contributed by atoms with E-state index in [9.17, 15) is 8.42 Å². The molecule has 1 N–H and O–H groups in total. The van der Waals surface area contributed by atoms with Crippen LogP contribution in [0.1, 0.15) is 0 Å². The molecule has 0 amide bonds. The van der Waals surface area contributed by atoms with E-state index in [1.54, 1.807) is 24.3 Å². The third-order valence-electron chi connectivity index (χ3n) is 1.96. The second-order valence-electron chi connectivity index (χ2n) is 3.30. The summed E-state index contributed by atoms with van der Waals surface area (Å²) in [5.41, 5.74) is 0.881. The van der Waals surface area contributed by atoms with Crippen molar-refractivity contribution < 1.29 is 8.42 Å². The number of sulfone groups is 1. The molecule has 0 atom stereocenters. The Labute approximate surface area is 101 Å². The lowest BCUT2D eigenvalue weighted by Crippen LogP contribution is -2.00. The van der Waals surface area contributed by atoms with E-state index in [1.807, 2.05) is 12.2 Å². The summed E-state index contributed by atoms with van der Waals surface area (Å²) in [5, 5.41) is 3.12.